The highest BCUT2D eigenvalue weighted by molar-refractivity contribution is 9.10. The van der Waals surface area contributed by atoms with Gasteiger partial charge in [-0.15, -0.1) is 0 Å². The van der Waals surface area contributed by atoms with Gasteiger partial charge in [0.1, 0.15) is 22.6 Å². The molecule has 17 heavy (non-hydrogen) atoms. The predicted molar refractivity (Wildman–Crippen MR) is 66.6 cm³/mol. The van der Waals surface area contributed by atoms with E-state index in [0.29, 0.717) is 5.82 Å². The summed E-state index contributed by atoms with van der Waals surface area (Å²) >= 11 is 8.58. The number of nitrogens with one attached hydrogen (secondary N) is 1. The molecule has 2 rings (SSSR count). The van der Waals surface area contributed by atoms with Crippen molar-refractivity contribution in [1.82, 2.24) is 4.98 Å². The molecule has 0 spiro atoms. The third kappa shape index (κ3) is 2.92. The van der Waals surface area contributed by atoms with Crippen LogP contribution in [0.1, 0.15) is 0 Å². The van der Waals surface area contributed by atoms with E-state index in [1.165, 1.54) is 0 Å². The van der Waals surface area contributed by atoms with Crippen LogP contribution < -0.4 is 5.32 Å². The lowest BCUT2D eigenvalue weighted by atomic mass is 10.3. The van der Waals surface area contributed by atoms with Crippen molar-refractivity contribution in [2.24, 2.45) is 0 Å². The van der Waals surface area contributed by atoms with E-state index in [1.54, 1.807) is 18.2 Å². The van der Waals surface area contributed by atoms with Gasteiger partial charge in [-0.2, -0.15) is 0 Å². The fourth-order valence-corrected chi connectivity index (χ4v) is 1.71. The Balaban J connectivity index is 2.33. The average Bonchev–Trinajstić information content (AvgIpc) is 2.26. The maximum Gasteiger partial charge on any atom is 0.148 e. The molecule has 0 aliphatic carbocycles. The largest absolute Gasteiger partial charge is 0.338 e. The third-order valence-electron chi connectivity index (χ3n) is 1.99. The van der Waals surface area contributed by atoms with Crippen molar-refractivity contribution >= 4 is 39.0 Å². The van der Waals surface area contributed by atoms with Gasteiger partial charge in [0.25, 0.3) is 0 Å². The van der Waals surface area contributed by atoms with Gasteiger partial charge in [-0.1, -0.05) is 17.7 Å². The van der Waals surface area contributed by atoms with Gasteiger partial charge in [0.15, 0.2) is 0 Å². The van der Waals surface area contributed by atoms with E-state index < -0.39 is 11.6 Å². The predicted octanol–water partition coefficient (Wildman–Crippen LogP) is 4.52. The summed E-state index contributed by atoms with van der Waals surface area (Å²) in [6, 6.07) is 6.94. The number of nitrogens with zero attached hydrogens (tertiary/aromatic N) is 1. The second-order valence-corrected chi connectivity index (χ2v) is 4.46. The van der Waals surface area contributed by atoms with Crippen LogP contribution in [0.4, 0.5) is 20.3 Å². The third-order valence-corrected chi connectivity index (χ3v) is 2.81. The molecule has 1 aromatic heterocycles. The molecule has 0 saturated carbocycles. The number of hydrogen-bond donors (Lipinski definition) is 1. The first kappa shape index (κ1) is 12.3. The van der Waals surface area contributed by atoms with Crippen LogP contribution in [-0.2, 0) is 0 Å². The van der Waals surface area contributed by atoms with Gasteiger partial charge in [0.05, 0.1) is 10.2 Å². The van der Waals surface area contributed by atoms with E-state index >= 15 is 0 Å². The van der Waals surface area contributed by atoms with Gasteiger partial charge >= 0.3 is 0 Å². The zero-order chi connectivity index (χ0) is 12.4. The van der Waals surface area contributed by atoms with Crippen molar-refractivity contribution in [2.45, 2.75) is 0 Å². The van der Waals surface area contributed by atoms with Gasteiger partial charge in [-0.25, -0.2) is 13.8 Å². The molecule has 0 aliphatic rings. The van der Waals surface area contributed by atoms with Crippen molar-refractivity contribution in [3.63, 3.8) is 0 Å². The number of pyridine rings is 1. The van der Waals surface area contributed by atoms with Crippen LogP contribution in [0.3, 0.4) is 0 Å². The van der Waals surface area contributed by atoms with Gasteiger partial charge in [-0.3, -0.25) is 0 Å². The molecular weight excluding hydrogens is 313 g/mol. The van der Waals surface area contributed by atoms with Crippen molar-refractivity contribution < 1.29 is 8.78 Å². The number of anilines is 2. The Labute approximate surface area is 110 Å². The molecule has 0 fully saturated rings. The van der Waals surface area contributed by atoms with Crippen molar-refractivity contribution in [2.75, 3.05) is 5.32 Å². The first-order valence-corrected chi connectivity index (χ1v) is 5.77. The molecule has 1 N–H and O–H groups in total. The summed E-state index contributed by atoms with van der Waals surface area (Å²) in [4.78, 5) is 3.92. The number of aromatic nitrogens is 1. The lowest BCUT2D eigenvalue weighted by molar-refractivity contribution is 0.598. The summed E-state index contributed by atoms with van der Waals surface area (Å²) < 4.78 is 26.8. The second kappa shape index (κ2) is 4.98. The van der Waals surface area contributed by atoms with Gasteiger partial charge < -0.3 is 5.32 Å². The number of benzene rings is 1. The first-order valence-electron chi connectivity index (χ1n) is 4.60. The summed E-state index contributed by atoms with van der Waals surface area (Å²) in [6.45, 7) is 0. The standard InChI is InChI=1S/C11H6BrClF2N2/c12-6-4-8(15)9(5-7(6)14)16-11-3-1-2-10(13)17-11/h1-5H,(H,16,17). The molecule has 0 amide bonds. The van der Waals surface area contributed by atoms with Gasteiger partial charge in [0.2, 0.25) is 0 Å². The minimum Gasteiger partial charge on any atom is -0.338 e. The summed E-state index contributed by atoms with van der Waals surface area (Å²) in [6.07, 6.45) is 0. The molecule has 2 nitrogen and oxygen atoms in total. The van der Waals surface area contributed by atoms with Crippen LogP contribution in [0.25, 0.3) is 0 Å². The molecule has 0 saturated heterocycles. The Morgan fingerprint density at radius 3 is 2.65 bits per heavy atom. The first-order chi connectivity index (χ1) is 8.06. The molecule has 2 aromatic rings. The molecule has 88 valence electrons. The van der Waals surface area contributed by atoms with Crippen molar-refractivity contribution in [3.05, 3.63) is 51.6 Å². The van der Waals surface area contributed by atoms with Crippen LogP contribution in [0.2, 0.25) is 5.15 Å². The van der Waals surface area contributed by atoms with Crippen LogP contribution >= 0.6 is 27.5 Å². The number of halogens is 4. The highest BCUT2D eigenvalue weighted by atomic mass is 79.9. The van der Waals surface area contributed by atoms with Crippen LogP contribution in [0.5, 0.6) is 0 Å². The van der Waals surface area contributed by atoms with Crippen molar-refractivity contribution in [1.29, 1.82) is 0 Å². The molecule has 0 bridgehead atoms. The Bertz CT molecular complexity index is 563. The quantitative estimate of drug-likeness (QED) is 0.650. The lowest BCUT2D eigenvalue weighted by Gasteiger charge is -2.07. The molecule has 0 aliphatic heterocycles. The van der Waals surface area contributed by atoms with E-state index in [0.717, 1.165) is 12.1 Å². The van der Waals surface area contributed by atoms with Gasteiger partial charge in [0, 0.05) is 6.07 Å². The maximum absolute atomic E-state index is 13.5. The van der Waals surface area contributed by atoms with Crippen LogP contribution in [0, 0.1) is 11.6 Å². The average molecular weight is 320 g/mol. The molecule has 0 radical (unpaired) electrons. The highest BCUT2D eigenvalue weighted by Gasteiger charge is 2.08. The minimum absolute atomic E-state index is 0.000432. The smallest absolute Gasteiger partial charge is 0.148 e. The molecular formula is C11H6BrClF2N2. The zero-order valence-corrected chi connectivity index (χ0v) is 10.7. The zero-order valence-electron chi connectivity index (χ0n) is 8.35. The Hall–Kier alpha value is -1.20. The topological polar surface area (TPSA) is 24.9 Å². The SMILES string of the molecule is Fc1cc(Nc2cccc(Cl)n2)c(F)cc1Br. The number of hydrogen-bond acceptors (Lipinski definition) is 2. The Morgan fingerprint density at radius 1 is 1.18 bits per heavy atom. The maximum atomic E-state index is 13.5. The van der Waals surface area contributed by atoms with Crippen LogP contribution in [0.15, 0.2) is 34.8 Å². The van der Waals surface area contributed by atoms with E-state index in [9.17, 15) is 8.78 Å². The summed E-state index contributed by atoms with van der Waals surface area (Å²) in [5, 5.41) is 2.92. The molecule has 6 heteroatoms. The fourth-order valence-electron chi connectivity index (χ4n) is 1.23. The molecule has 1 aromatic carbocycles. The van der Waals surface area contributed by atoms with Gasteiger partial charge in [-0.05, 0) is 34.1 Å². The van der Waals surface area contributed by atoms with Crippen molar-refractivity contribution in [3.8, 4) is 0 Å². The normalized spacial score (nSPS) is 10.4. The Morgan fingerprint density at radius 2 is 1.94 bits per heavy atom. The molecule has 0 atom stereocenters. The molecule has 1 heterocycles. The van der Waals surface area contributed by atoms with E-state index in [2.05, 4.69) is 26.2 Å². The van der Waals surface area contributed by atoms with E-state index in [-0.39, 0.29) is 15.3 Å². The second-order valence-electron chi connectivity index (χ2n) is 3.22. The molecule has 0 unspecified atom stereocenters. The number of rotatable bonds is 2. The Kier molecular flexibility index (Phi) is 3.59. The minimum atomic E-state index is -0.583. The van der Waals surface area contributed by atoms with E-state index in [1.807, 2.05) is 0 Å². The van der Waals surface area contributed by atoms with E-state index in [4.69, 9.17) is 11.6 Å². The van der Waals surface area contributed by atoms with Crippen LogP contribution in [-0.4, -0.2) is 4.98 Å². The lowest BCUT2D eigenvalue weighted by Crippen LogP contribution is -1.97. The highest BCUT2D eigenvalue weighted by Crippen LogP contribution is 2.25. The fraction of sp³-hybridized carbons (Fsp3) is 0. The summed E-state index contributed by atoms with van der Waals surface area (Å²) in [5.74, 6) is -0.797. The monoisotopic (exact) mass is 318 g/mol. The summed E-state index contributed by atoms with van der Waals surface area (Å²) in [7, 11) is 0. The summed E-state index contributed by atoms with van der Waals surface area (Å²) in [5.41, 5.74) is 0.000432.